The Morgan fingerprint density at radius 1 is 1.26 bits per heavy atom. The van der Waals surface area contributed by atoms with Crippen LogP contribution in [-0.2, 0) is 10.0 Å². The van der Waals surface area contributed by atoms with Crippen molar-refractivity contribution in [2.75, 3.05) is 20.7 Å². The Morgan fingerprint density at radius 2 is 1.91 bits per heavy atom. The second-order valence-corrected chi connectivity index (χ2v) is 8.80. The minimum Gasteiger partial charge on any atom is -0.396 e. The van der Waals surface area contributed by atoms with E-state index in [1.54, 1.807) is 32.3 Å². The van der Waals surface area contributed by atoms with E-state index >= 15 is 0 Å². The Bertz CT molecular complexity index is 608. The van der Waals surface area contributed by atoms with Crippen LogP contribution < -0.4 is 5.32 Å². The topological polar surface area (TPSA) is 69.6 Å². The molecule has 1 atom stereocenters. The minimum absolute atomic E-state index is 0.1000. The molecule has 0 radical (unpaired) electrons. The molecule has 0 amide bonds. The molecule has 0 saturated heterocycles. The molecule has 1 aromatic rings. The molecule has 0 aromatic heterocycles. The van der Waals surface area contributed by atoms with E-state index in [0.717, 1.165) is 31.2 Å². The van der Waals surface area contributed by atoms with Crippen LogP contribution >= 0.6 is 0 Å². The first-order valence-electron chi connectivity index (χ1n) is 8.24. The first-order valence-corrected chi connectivity index (χ1v) is 9.68. The summed E-state index contributed by atoms with van der Waals surface area (Å²) in [5.41, 5.74) is 0.984. The summed E-state index contributed by atoms with van der Waals surface area (Å²) in [6, 6.07) is 7.69. The predicted molar refractivity (Wildman–Crippen MR) is 91.7 cm³/mol. The summed E-state index contributed by atoms with van der Waals surface area (Å²) in [6.45, 7) is 2.35. The Hall–Kier alpha value is -0.950. The third-order valence-electron chi connectivity index (χ3n) is 4.73. The van der Waals surface area contributed by atoms with Crippen molar-refractivity contribution < 1.29 is 13.5 Å². The lowest BCUT2D eigenvalue weighted by molar-refractivity contribution is 0.172. The van der Waals surface area contributed by atoms with Gasteiger partial charge in [0.1, 0.15) is 0 Å². The molecule has 1 unspecified atom stereocenters. The molecule has 23 heavy (non-hydrogen) atoms. The van der Waals surface area contributed by atoms with Gasteiger partial charge in [-0.15, -0.1) is 0 Å². The van der Waals surface area contributed by atoms with Gasteiger partial charge in [0.2, 0.25) is 10.0 Å². The fourth-order valence-corrected chi connectivity index (χ4v) is 4.07. The average Bonchev–Trinajstić information content (AvgIpc) is 2.55. The van der Waals surface area contributed by atoms with Crippen molar-refractivity contribution in [2.24, 2.45) is 5.92 Å². The smallest absolute Gasteiger partial charge is 0.242 e. The Labute approximate surface area is 139 Å². The maximum absolute atomic E-state index is 12.2. The maximum atomic E-state index is 12.2. The molecule has 0 bridgehead atoms. The summed E-state index contributed by atoms with van der Waals surface area (Å²) >= 11 is 0. The highest BCUT2D eigenvalue weighted by molar-refractivity contribution is 7.89. The summed E-state index contributed by atoms with van der Waals surface area (Å²) < 4.78 is 25.7. The second-order valence-electron chi connectivity index (χ2n) is 6.65. The van der Waals surface area contributed by atoms with Crippen LogP contribution in [0.15, 0.2) is 29.2 Å². The van der Waals surface area contributed by atoms with Gasteiger partial charge in [-0.25, -0.2) is 12.7 Å². The van der Waals surface area contributed by atoms with E-state index in [9.17, 15) is 13.5 Å². The Balaban J connectivity index is 2.04. The molecular formula is C17H28N2O3S. The zero-order valence-corrected chi connectivity index (χ0v) is 15.0. The van der Waals surface area contributed by atoms with E-state index in [1.807, 2.05) is 6.07 Å². The van der Waals surface area contributed by atoms with Crippen LogP contribution in [0, 0.1) is 5.92 Å². The highest BCUT2D eigenvalue weighted by Crippen LogP contribution is 2.26. The van der Waals surface area contributed by atoms with Crippen LogP contribution in [0.5, 0.6) is 0 Å². The van der Waals surface area contributed by atoms with Gasteiger partial charge < -0.3 is 10.4 Å². The normalized spacial score (nSPS) is 23.9. The van der Waals surface area contributed by atoms with Gasteiger partial charge in [-0.05, 0) is 56.2 Å². The molecule has 0 aliphatic heterocycles. The zero-order chi connectivity index (χ0) is 17.0. The fraction of sp³-hybridized carbons (Fsp3) is 0.647. The molecule has 5 nitrogen and oxygen atoms in total. The minimum atomic E-state index is -3.40. The first-order chi connectivity index (χ1) is 10.8. The number of benzene rings is 1. The summed E-state index contributed by atoms with van der Waals surface area (Å²) in [6.07, 6.45) is 4.22. The Kier molecular flexibility index (Phi) is 6.19. The van der Waals surface area contributed by atoms with E-state index in [1.165, 1.54) is 4.31 Å². The average molecular weight is 340 g/mol. The van der Waals surface area contributed by atoms with Crippen molar-refractivity contribution in [1.29, 1.82) is 0 Å². The van der Waals surface area contributed by atoms with Crippen molar-refractivity contribution in [3.8, 4) is 0 Å². The quantitative estimate of drug-likeness (QED) is 0.832. The van der Waals surface area contributed by atoms with Gasteiger partial charge in [-0.3, -0.25) is 0 Å². The zero-order valence-electron chi connectivity index (χ0n) is 14.2. The number of hydrogen-bond donors (Lipinski definition) is 2. The van der Waals surface area contributed by atoms with Crippen LogP contribution in [0.25, 0.3) is 0 Å². The third kappa shape index (κ3) is 4.53. The maximum Gasteiger partial charge on any atom is 0.242 e. The van der Waals surface area contributed by atoms with E-state index in [4.69, 9.17) is 0 Å². The number of sulfonamides is 1. The van der Waals surface area contributed by atoms with E-state index in [-0.39, 0.29) is 12.6 Å². The SMILES string of the molecule is CC(NC1CCC(CO)CC1)c1cccc(S(=O)(=O)N(C)C)c1. The number of aliphatic hydroxyl groups excluding tert-OH is 1. The molecule has 0 heterocycles. The lowest BCUT2D eigenvalue weighted by Gasteiger charge is -2.30. The van der Waals surface area contributed by atoms with Crippen molar-refractivity contribution in [3.63, 3.8) is 0 Å². The molecule has 1 fully saturated rings. The molecule has 1 saturated carbocycles. The first kappa shape index (κ1) is 18.4. The highest BCUT2D eigenvalue weighted by Gasteiger charge is 2.23. The van der Waals surface area contributed by atoms with Gasteiger partial charge in [0.25, 0.3) is 0 Å². The van der Waals surface area contributed by atoms with Gasteiger partial charge in [0.15, 0.2) is 0 Å². The number of rotatable bonds is 6. The second kappa shape index (κ2) is 7.75. The van der Waals surface area contributed by atoms with Gasteiger partial charge in [-0.1, -0.05) is 12.1 Å². The number of nitrogens with one attached hydrogen (secondary N) is 1. The predicted octanol–water partition coefficient (Wildman–Crippen LogP) is 2.14. The highest BCUT2D eigenvalue weighted by atomic mass is 32.2. The van der Waals surface area contributed by atoms with Crippen LogP contribution in [-0.4, -0.2) is 44.6 Å². The van der Waals surface area contributed by atoms with Crippen LogP contribution in [0.4, 0.5) is 0 Å². The summed E-state index contributed by atoms with van der Waals surface area (Å²) in [5.74, 6) is 0.442. The van der Waals surface area contributed by atoms with Crippen molar-refractivity contribution in [3.05, 3.63) is 29.8 Å². The van der Waals surface area contributed by atoms with Crippen molar-refractivity contribution in [2.45, 2.75) is 49.6 Å². The fourth-order valence-electron chi connectivity index (χ4n) is 3.12. The molecule has 1 aliphatic rings. The molecule has 1 aromatic carbocycles. The van der Waals surface area contributed by atoms with E-state index < -0.39 is 10.0 Å². The van der Waals surface area contributed by atoms with Crippen LogP contribution in [0.3, 0.4) is 0 Å². The van der Waals surface area contributed by atoms with Gasteiger partial charge in [0.05, 0.1) is 4.90 Å². The molecule has 130 valence electrons. The number of aliphatic hydroxyl groups is 1. The van der Waals surface area contributed by atoms with E-state index in [0.29, 0.717) is 16.9 Å². The number of hydrogen-bond acceptors (Lipinski definition) is 4. The van der Waals surface area contributed by atoms with Crippen molar-refractivity contribution in [1.82, 2.24) is 9.62 Å². The summed E-state index contributed by atoms with van der Waals surface area (Å²) in [7, 11) is -0.309. The van der Waals surface area contributed by atoms with Crippen molar-refractivity contribution >= 4 is 10.0 Å². The van der Waals surface area contributed by atoms with Crippen LogP contribution in [0.2, 0.25) is 0 Å². The lowest BCUT2D eigenvalue weighted by atomic mass is 9.86. The monoisotopic (exact) mass is 340 g/mol. The van der Waals surface area contributed by atoms with Crippen LogP contribution in [0.1, 0.15) is 44.2 Å². The standard InChI is InChI=1S/C17H28N2O3S/c1-13(18-16-9-7-14(12-20)8-10-16)15-5-4-6-17(11-15)23(21,22)19(2)3/h4-6,11,13-14,16,18,20H,7-10,12H2,1-3H3. The largest absolute Gasteiger partial charge is 0.396 e. The Morgan fingerprint density at radius 3 is 2.48 bits per heavy atom. The van der Waals surface area contributed by atoms with Gasteiger partial charge in [0, 0.05) is 32.8 Å². The third-order valence-corrected chi connectivity index (χ3v) is 6.54. The number of nitrogens with zero attached hydrogens (tertiary/aromatic N) is 1. The van der Waals surface area contributed by atoms with E-state index in [2.05, 4.69) is 12.2 Å². The molecule has 6 heteroatoms. The summed E-state index contributed by atoms with van der Waals surface area (Å²) in [5, 5.41) is 12.8. The lowest BCUT2D eigenvalue weighted by Crippen LogP contribution is -2.35. The molecule has 2 rings (SSSR count). The molecular weight excluding hydrogens is 312 g/mol. The van der Waals surface area contributed by atoms with Gasteiger partial charge >= 0.3 is 0 Å². The summed E-state index contributed by atoms with van der Waals surface area (Å²) in [4.78, 5) is 0.331. The molecule has 2 N–H and O–H groups in total. The molecule has 1 aliphatic carbocycles. The molecule has 0 spiro atoms. The van der Waals surface area contributed by atoms with Gasteiger partial charge in [-0.2, -0.15) is 0 Å².